The molecule has 0 unspecified atom stereocenters. The molecule has 1 N–H and O–H groups in total. The van der Waals surface area contributed by atoms with Crippen LogP contribution in [-0.4, -0.2) is 37.0 Å². The molecule has 0 atom stereocenters. The van der Waals surface area contributed by atoms with Gasteiger partial charge in [0.1, 0.15) is 5.58 Å². The molecule has 1 amide bonds. The number of rotatable bonds is 7. The molecule has 8 heteroatoms. The average Bonchev–Trinajstić information content (AvgIpc) is 3.00. The summed E-state index contributed by atoms with van der Waals surface area (Å²) in [6.45, 7) is 4.25. The number of hydrogen-bond donors (Lipinski definition) is 1. The highest BCUT2D eigenvalue weighted by molar-refractivity contribution is 6.32. The number of carbonyl (C=O) groups is 1. The van der Waals surface area contributed by atoms with E-state index in [1.807, 2.05) is 42.5 Å². The molecular weight excluding hydrogens is 569 g/mol. The van der Waals surface area contributed by atoms with Crippen LogP contribution >= 0.6 is 23.2 Å². The van der Waals surface area contributed by atoms with Crippen LogP contribution in [0.25, 0.3) is 22.1 Å². The number of nitrogens with zero attached hydrogens (tertiary/aromatic N) is 2. The normalized spacial score (nSPS) is 13.8. The lowest BCUT2D eigenvalue weighted by Crippen LogP contribution is -2.46. The lowest BCUT2D eigenvalue weighted by Gasteiger charge is -2.36. The predicted octanol–water partition coefficient (Wildman–Crippen LogP) is 7.27. The largest absolute Gasteiger partial charge is 0.422 e. The highest BCUT2D eigenvalue weighted by Gasteiger charge is 2.23. The Morgan fingerprint density at radius 1 is 0.833 bits per heavy atom. The van der Waals surface area contributed by atoms with Crippen molar-refractivity contribution in [2.45, 2.75) is 13.0 Å². The highest BCUT2D eigenvalue weighted by Crippen LogP contribution is 2.35. The molecular formula is C34H29Cl2N3O3. The number of benzene rings is 4. The van der Waals surface area contributed by atoms with Crippen LogP contribution in [0.5, 0.6) is 0 Å². The van der Waals surface area contributed by atoms with E-state index in [9.17, 15) is 9.59 Å². The van der Waals surface area contributed by atoms with Gasteiger partial charge in [-0.15, -0.1) is 0 Å². The molecule has 0 spiro atoms. The second-order valence-electron chi connectivity index (χ2n) is 10.4. The van der Waals surface area contributed by atoms with Gasteiger partial charge in [0, 0.05) is 71.2 Å². The van der Waals surface area contributed by atoms with E-state index in [1.54, 1.807) is 30.3 Å². The Bertz CT molecular complexity index is 1780. The summed E-state index contributed by atoms with van der Waals surface area (Å²) in [6.07, 6.45) is -0.158. The molecule has 0 radical (unpaired) electrons. The van der Waals surface area contributed by atoms with Crippen molar-refractivity contribution in [1.82, 2.24) is 4.90 Å². The second kappa shape index (κ2) is 12.4. The molecule has 6 nitrogen and oxygen atoms in total. The van der Waals surface area contributed by atoms with Crippen LogP contribution < -0.4 is 15.8 Å². The van der Waals surface area contributed by atoms with Crippen LogP contribution in [0, 0.1) is 0 Å². The maximum atomic E-state index is 13.3. The van der Waals surface area contributed by atoms with Crippen LogP contribution in [0.4, 0.5) is 11.4 Å². The number of amides is 1. The number of nitrogens with one attached hydrogen (secondary N) is 1. The van der Waals surface area contributed by atoms with Gasteiger partial charge < -0.3 is 14.6 Å². The first-order valence-electron chi connectivity index (χ1n) is 13.9. The van der Waals surface area contributed by atoms with Gasteiger partial charge in [-0.1, -0.05) is 71.7 Å². The summed E-state index contributed by atoms with van der Waals surface area (Å²) in [4.78, 5) is 31.2. The first-order valence-corrected chi connectivity index (χ1v) is 14.6. The van der Waals surface area contributed by atoms with Gasteiger partial charge in [0.15, 0.2) is 0 Å². The maximum absolute atomic E-state index is 13.3. The third-order valence-electron chi connectivity index (χ3n) is 7.56. The molecule has 1 fully saturated rings. The van der Waals surface area contributed by atoms with Gasteiger partial charge >= 0.3 is 5.63 Å². The Morgan fingerprint density at radius 3 is 2.26 bits per heavy atom. The average molecular weight is 599 g/mol. The maximum Gasteiger partial charge on any atom is 0.340 e. The Labute approximate surface area is 254 Å². The van der Waals surface area contributed by atoms with E-state index in [2.05, 4.69) is 39.4 Å². The van der Waals surface area contributed by atoms with Gasteiger partial charge in [0.05, 0.1) is 12.0 Å². The highest BCUT2D eigenvalue weighted by atomic mass is 35.5. The van der Waals surface area contributed by atoms with Crippen molar-refractivity contribution in [2.24, 2.45) is 0 Å². The minimum atomic E-state index is -0.582. The van der Waals surface area contributed by atoms with E-state index < -0.39 is 5.63 Å². The summed E-state index contributed by atoms with van der Waals surface area (Å²) >= 11 is 13.1. The van der Waals surface area contributed by atoms with Crippen LogP contribution in [-0.2, 0) is 17.8 Å². The molecule has 1 aromatic heterocycles. The van der Waals surface area contributed by atoms with E-state index in [0.29, 0.717) is 38.8 Å². The molecule has 4 aromatic carbocycles. The van der Waals surface area contributed by atoms with Gasteiger partial charge in [-0.25, -0.2) is 4.79 Å². The summed E-state index contributed by atoms with van der Waals surface area (Å²) in [5.41, 5.74) is 4.21. The fourth-order valence-corrected chi connectivity index (χ4v) is 5.90. The van der Waals surface area contributed by atoms with Crippen LogP contribution in [0.3, 0.4) is 0 Å². The first kappa shape index (κ1) is 28.0. The molecule has 0 saturated carbocycles. The summed E-state index contributed by atoms with van der Waals surface area (Å²) in [5, 5.41) is 4.64. The number of para-hydroxylation sites is 2. The topological polar surface area (TPSA) is 65.8 Å². The van der Waals surface area contributed by atoms with E-state index in [-0.39, 0.29) is 17.9 Å². The van der Waals surface area contributed by atoms with Gasteiger partial charge in [-0.3, -0.25) is 9.69 Å². The van der Waals surface area contributed by atoms with Crippen molar-refractivity contribution < 1.29 is 9.21 Å². The smallest absolute Gasteiger partial charge is 0.340 e. The molecule has 1 aliphatic rings. The number of fused-ring (bicyclic) bond motifs is 1. The van der Waals surface area contributed by atoms with Crippen molar-refractivity contribution in [3.63, 3.8) is 0 Å². The van der Waals surface area contributed by atoms with E-state index in [4.69, 9.17) is 27.6 Å². The molecule has 5 aromatic rings. The molecule has 0 bridgehead atoms. The zero-order valence-electron chi connectivity index (χ0n) is 22.9. The monoisotopic (exact) mass is 597 g/mol. The zero-order chi connectivity index (χ0) is 29.1. The minimum absolute atomic E-state index is 0.158. The van der Waals surface area contributed by atoms with E-state index >= 15 is 0 Å². The standard InChI is InChI=1S/C34H29Cl2N3O3/c35-25-9-7-8-23(18-25)33-28-19-24(22-38-14-16-39(17-15-38)27-12-5-2-6-13-27)30(36)21-31(28)42-34(41)29(33)20-32(40)37-26-10-3-1-4-11-26/h1-13,18-19,21H,14-17,20,22H2,(H,37,40). The van der Waals surface area contributed by atoms with Crippen molar-refractivity contribution in [1.29, 1.82) is 0 Å². The molecule has 212 valence electrons. The summed E-state index contributed by atoms with van der Waals surface area (Å²) in [7, 11) is 0. The molecule has 1 aliphatic heterocycles. The second-order valence-corrected chi connectivity index (χ2v) is 11.2. The molecule has 42 heavy (non-hydrogen) atoms. The van der Waals surface area contributed by atoms with Gasteiger partial charge in [0.25, 0.3) is 0 Å². The Morgan fingerprint density at radius 2 is 1.55 bits per heavy atom. The Kier molecular flexibility index (Phi) is 8.29. The number of piperazine rings is 1. The number of carbonyl (C=O) groups excluding carboxylic acids is 1. The fraction of sp³-hybridized carbons (Fsp3) is 0.176. The van der Waals surface area contributed by atoms with Gasteiger partial charge in [-0.2, -0.15) is 0 Å². The van der Waals surface area contributed by atoms with Crippen molar-refractivity contribution in [3.8, 4) is 11.1 Å². The molecule has 1 saturated heterocycles. The van der Waals surface area contributed by atoms with Crippen LogP contribution in [0.2, 0.25) is 10.0 Å². The molecule has 6 rings (SSSR count). The Balaban J connectivity index is 1.34. The summed E-state index contributed by atoms with van der Waals surface area (Å²) < 4.78 is 5.75. The summed E-state index contributed by atoms with van der Waals surface area (Å²) in [5.74, 6) is -0.318. The quantitative estimate of drug-likeness (QED) is 0.200. The van der Waals surface area contributed by atoms with Gasteiger partial charge in [0.2, 0.25) is 5.91 Å². The third kappa shape index (κ3) is 6.21. The van der Waals surface area contributed by atoms with Gasteiger partial charge in [-0.05, 0) is 53.6 Å². The molecule has 0 aliphatic carbocycles. The lowest BCUT2D eigenvalue weighted by molar-refractivity contribution is -0.115. The van der Waals surface area contributed by atoms with E-state index in [1.165, 1.54) is 5.69 Å². The van der Waals surface area contributed by atoms with E-state index in [0.717, 1.165) is 37.3 Å². The SMILES string of the molecule is O=C(Cc1c(-c2cccc(Cl)c2)c2cc(CN3CCN(c4ccccc4)CC3)c(Cl)cc2oc1=O)Nc1ccccc1. The minimum Gasteiger partial charge on any atom is -0.422 e. The van der Waals surface area contributed by atoms with Crippen molar-refractivity contribution in [2.75, 3.05) is 36.4 Å². The van der Waals surface area contributed by atoms with Crippen molar-refractivity contribution in [3.05, 3.63) is 129 Å². The number of hydrogen-bond acceptors (Lipinski definition) is 5. The van der Waals surface area contributed by atoms with Crippen LogP contribution in [0.15, 0.2) is 106 Å². The third-order valence-corrected chi connectivity index (χ3v) is 8.15. The fourth-order valence-electron chi connectivity index (χ4n) is 5.49. The lowest BCUT2D eigenvalue weighted by atomic mass is 9.94. The molecule has 2 heterocycles. The number of anilines is 2. The Hall–Kier alpha value is -4.10. The van der Waals surface area contributed by atoms with Crippen LogP contribution in [0.1, 0.15) is 11.1 Å². The van der Waals surface area contributed by atoms with Crippen molar-refractivity contribution >= 4 is 51.5 Å². The zero-order valence-corrected chi connectivity index (χ0v) is 24.4. The predicted molar refractivity (Wildman–Crippen MR) is 171 cm³/mol. The summed E-state index contributed by atoms with van der Waals surface area (Å²) in [6, 6.07) is 30.5. The first-order chi connectivity index (χ1) is 20.4. The number of halogens is 2.